The fourth-order valence-electron chi connectivity index (χ4n) is 1.81. The highest BCUT2D eigenvalue weighted by molar-refractivity contribution is 14.1. The van der Waals surface area contributed by atoms with E-state index in [1.54, 1.807) is 11.1 Å². The Morgan fingerprint density at radius 2 is 2.24 bits per heavy atom. The molecule has 0 aromatic heterocycles. The lowest BCUT2D eigenvalue weighted by Crippen LogP contribution is -2.49. The predicted octanol–water partition coefficient (Wildman–Crippen LogP) is -1.91. The molecule has 4 atom stereocenters. The number of rotatable bonds is 2. The van der Waals surface area contributed by atoms with E-state index in [0.717, 1.165) is 0 Å². The Balaban J connectivity index is 2.11. The van der Waals surface area contributed by atoms with Crippen molar-refractivity contribution < 1.29 is 24.9 Å². The molecule has 0 saturated carbocycles. The first kappa shape index (κ1) is 13.0. The molecule has 4 N–H and O–H groups in total. The van der Waals surface area contributed by atoms with Crippen LogP contribution in [0.4, 0.5) is 0 Å². The van der Waals surface area contributed by atoms with E-state index in [1.807, 2.05) is 22.6 Å². The summed E-state index contributed by atoms with van der Waals surface area (Å²) in [6.45, 7) is -0.173. The lowest BCUT2D eigenvalue weighted by Gasteiger charge is -2.32. The van der Waals surface area contributed by atoms with Crippen LogP contribution in [0.3, 0.4) is 0 Å². The van der Waals surface area contributed by atoms with Crippen LogP contribution in [0.1, 0.15) is 0 Å². The second-order valence-electron chi connectivity index (χ2n) is 3.88. The van der Waals surface area contributed by atoms with Gasteiger partial charge in [0.2, 0.25) is 0 Å². The minimum atomic E-state index is -1.13. The Morgan fingerprint density at radius 1 is 1.53 bits per heavy atom. The minimum Gasteiger partial charge on any atom is -0.394 e. The molecule has 0 aromatic carbocycles. The van der Waals surface area contributed by atoms with Gasteiger partial charge in [-0.25, -0.2) is 0 Å². The standard InChI is InChI=1S/C9H13IN2O5/c10-4-1-12(3-11-8(4)16)9-7(15)6(14)5(2-13)17-9/h1,5-7,9,13-15H,2-3H2,(H,11,16)/t5-,6-,7-,9-/m1/s1. The maximum Gasteiger partial charge on any atom is 0.260 e. The number of nitrogens with zero attached hydrogens (tertiary/aromatic N) is 1. The minimum absolute atomic E-state index is 0.186. The van der Waals surface area contributed by atoms with Crippen LogP contribution in [-0.2, 0) is 9.53 Å². The van der Waals surface area contributed by atoms with Crippen molar-refractivity contribution in [2.45, 2.75) is 24.5 Å². The van der Waals surface area contributed by atoms with Crippen LogP contribution in [0, 0.1) is 0 Å². The molecule has 2 aliphatic rings. The second kappa shape index (κ2) is 5.06. The highest BCUT2D eigenvalue weighted by Crippen LogP contribution is 2.26. The van der Waals surface area contributed by atoms with Gasteiger partial charge in [-0.15, -0.1) is 0 Å². The Hall–Kier alpha value is -0.420. The summed E-state index contributed by atoms with van der Waals surface area (Å²) in [6.07, 6.45) is -2.28. The maximum atomic E-state index is 11.2. The van der Waals surface area contributed by atoms with E-state index in [0.29, 0.717) is 3.58 Å². The van der Waals surface area contributed by atoms with Crippen LogP contribution < -0.4 is 5.32 Å². The summed E-state index contributed by atoms with van der Waals surface area (Å²) in [5.41, 5.74) is 0. The molecule has 0 spiro atoms. The van der Waals surface area contributed by atoms with Crippen molar-refractivity contribution in [1.29, 1.82) is 0 Å². The number of hydrogen-bond acceptors (Lipinski definition) is 6. The molecule has 0 aliphatic carbocycles. The quantitative estimate of drug-likeness (QED) is 0.431. The summed E-state index contributed by atoms with van der Waals surface area (Å²) in [7, 11) is 0. The van der Waals surface area contributed by atoms with Crippen molar-refractivity contribution in [3.05, 3.63) is 9.78 Å². The number of amides is 1. The largest absolute Gasteiger partial charge is 0.394 e. The molecular formula is C9H13IN2O5. The van der Waals surface area contributed by atoms with Gasteiger partial charge in [-0.1, -0.05) is 0 Å². The highest BCUT2D eigenvalue weighted by Gasteiger charge is 2.45. The number of aliphatic hydroxyl groups excluding tert-OH is 3. The smallest absolute Gasteiger partial charge is 0.260 e. The van der Waals surface area contributed by atoms with Gasteiger partial charge in [0.15, 0.2) is 6.23 Å². The van der Waals surface area contributed by atoms with E-state index < -0.39 is 24.5 Å². The molecule has 2 aliphatic heterocycles. The fourth-order valence-corrected chi connectivity index (χ4v) is 2.36. The number of aliphatic hydroxyl groups is 3. The molecule has 1 amide bonds. The molecule has 1 fully saturated rings. The fraction of sp³-hybridized carbons (Fsp3) is 0.667. The molecule has 17 heavy (non-hydrogen) atoms. The summed E-state index contributed by atoms with van der Waals surface area (Å²) in [4.78, 5) is 12.8. The zero-order chi connectivity index (χ0) is 12.6. The molecular weight excluding hydrogens is 343 g/mol. The summed E-state index contributed by atoms with van der Waals surface area (Å²) in [6, 6.07) is 0. The Kier molecular flexibility index (Phi) is 3.88. The number of hydrogen-bond donors (Lipinski definition) is 4. The third-order valence-corrected chi connectivity index (χ3v) is 3.53. The van der Waals surface area contributed by atoms with Gasteiger partial charge in [0.05, 0.1) is 16.9 Å². The third-order valence-electron chi connectivity index (χ3n) is 2.76. The van der Waals surface area contributed by atoms with Gasteiger partial charge in [-0.3, -0.25) is 4.79 Å². The van der Waals surface area contributed by atoms with Crippen LogP contribution >= 0.6 is 22.6 Å². The van der Waals surface area contributed by atoms with Gasteiger partial charge in [0, 0.05) is 6.20 Å². The Bertz CT molecular complexity index is 350. The van der Waals surface area contributed by atoms with Crippen molar-refractivity contribution in [2.75, 3.05) is 13.3 Å². The maximum absolute atomic E-state index is 11.2. The average Bonchev–Trinajstić information content (AvgIpc) is 2.60. The SMILES string of the molecule is O=C1NCN([C@@H]2O[C@H](CO)[C@@H](O)[C@H]2O)C=C1I. The molecule has 1 saturated heterocycles. The van der Waals surface area contributed by atoms with E-state index in [4.69, 9.17) is 9.84 Å². The van der Waals surface area contributed by atoms with E-state index in [2.05, 4.69) is 5.32 Å². The number of carbonyl (C=O) groups is 1. The van der Waals surface area contributed by atoms with Crippen LogP contribution in [0.5, 0.6) is 0 Å². The van der Waals surface area contributed by atoms with Gasteiger partial charge >= 0.3 is 0 Å². The molecule has 0 bridgehead atoms. The average molecular weight is 356 g/mol. The first-order valence-corrected chi connectivity index (χ1v) is 6.16. The molecule has 2 rings (SSSR count). The Morgan fingerprint density at radius 3 is 2.76 bits per heavy atom. The van der Waals surface area contributed by atoms with Crippen LogP contribution in [0.15, 0.2) is 9.78 Å². The number of halogens is 1. The van der Waals surface area contributed by atoms with E-state index >= 15 is 0 Å². The van der Waals surface area contributed by atoms with E-state index in [9.17, 15) is 15.0 Å². The van der Waals surface area contributed by atoms with Crippen molar-refractivity contribution in [3.8, 4) is 0 Å². The van der Waals surface area contributed by atoms with Crippen molar-refractivity contribution in [3.63, 3.8) is 0 Å². The van der Waals surface area contributed by atoms with Gasteiger partial charge in [-0.05, 0) is 22.6 Å². The zero-order valence-electron chi connectivity index (χ0n) is 8.78. The molecule has 0 radical (unpaired) electrons. The number of nitrogens with one attached hydrogen (secondary N) is 1. The first-order chi connectivity index (χ1) is 8.04. The van der Waals surface area contributed by atoms with Gasteiger partial charge in [-0.2, -0.15) is 0 Å². The molecule has 8 heteroatoms. The van der Waals surface area contributed by atoms with Gasteiger partial charge in [0.1, 0.15) is 18.3 Å². The third kappa shape index (κ3) is 2.40. The molecule has 7 nitrogen and oxygen atoms in total. The molecule has 96 valence electrons. The van der Waals surface area contributed by atoms with Crippen molar-refractivity contribution >= 4 is 28.5 Å². The molecule has 0 aromatic rings. The van der Waals surface area contributed by atoms with Crippen molar-refractivity contribution in [2.24, 2.45) is 0 Å². The summed E-state index contributed by atoms with van der Waals surface area (Å²) < 4.78 is 5.80. The summed E-state index contributed by atoms with van der Waals surface area (Å²) in [5, 5.41) is 31.0. The predicted molar refractivity (Wildman–Crippen MR) is 64.7 cm³/mol. The van der Waals surface area contributed by atoms with Crippen molar-refractivity contribution in [1.82, 2.24) is 10.2 Å². The topological polar surface area (TPSA) is 102 Å². The first-order valence-electron chi connectivity index (χ1n) is 5.08. The van der Waals surface area contributed by atoms with Crippen LogP contribution in [0.2, 0.25) is 0 Å². The summed E-state index contributed by atoms with van der Waals surface area (Å²) in [5.74, 6) is -0.186. The molecule has 2 heterocycles. The second-order valence-corrected chi connectivity index (χ2v) is 5.05. The van der Waals surface area contributed by atoms with Crippen LogP contribution in [-0.4, -0.2) is 63.9 Å². The normalized spacial score (nSPS) is 38.0. The van der Waals surface area contributed by atoms with E-state index in [1.165, 1.54) is 0 Å². The molecule has 0 unspecified atom stereocenters. The summed E-state index contributed by atoms with van der Waals surface area (Å²) >= 11 is 1.87. The van der Waals surface area contributed by atoms with E-state index in [-0.39, 0.29) is 19.2 Å². The highest BCUT2D eigenvalue weighted by atomic mass is 127. The lowest BCUT2D eigenvalue weighted by molar-refractivity contribution is -0.121. The lowest BCUT2D eigenvalue weighted by atomic mass is 10.1. The monoisotopic (exact) mass is 356 g/mol. The zero-order valence-corrected chi connectivity index (χ0v) is 10.9. The number of ether oxygens (including phenoxy) is 1. The number of carbonyl (C=O) groups excluding carboxylic acids is 1. The van der Waals surface area contributed by atoms with Gasteiger partial charge in [0.25, 0.3) is 5.91 Å². The van der Waals surface area contributed by atoms with Gasteiger partial charge < -0.3 is 30.3 Å². The Labute approximate surface area is 111 Å². The van der Waals surface area contributed by atoms with Crippen LogP contribution in [0.25, 0.3) is 0 Å².